The molecule has 0 aromatic carbocycles. The second kappa shape index (κ2) is 5.15. The molecule has 0 aromatic heterocycles. The summed E-state index contributed by atoms with van der Waals surface area (Å²) in [5.74, 6) is 0.671. The molecule has 0 spiro atoms. The van der Waals surface area contributed by atoms with Crippen LogP contribution in [-0.2, 0) is 9.53 Å². The standard InChI is InChI=1S/C12H22N2O2/c1-13(2)8-11-9-16-7-6-14(11)12(15)10-4-3-5-10/h10-11H,3-9H2,1-2H3. The number of amides is 1. The molecular formula is C12H22N2O2. The Bertz CT molecular complexity index is 251. The third kappa shape index (κ3) is 2.55. The van der Waals surface area contributed by atoms with E-state index in [1.807, 2.05) is 19.0 Å². The third-order valence-electron chi connectivity index (χ3n) is 3.54. The highest BCUT2D eigenvalue weighted by Crippen LogP contribution is 2.29. The fourth-order valence-corrected chi connectivity index (χ4v) is 2.41. The molecule has 1 atom stereocenters. The van der Waals surface area contributed by atoms with Crippen LogP contribution in [0.5, 0.6) is 0 Å². The highest BCUT2D eigenvalue weighted by molar-refractivity contribution is 5.80. The number of ether oxygens (including phenoxy) is 1. The lowest BCUT2D eigenvalue weighted by molar-refractivity contribution is -0.147. The summed E-state index contributed by atoms with van der Waals surface area (Å²) < 4.78 is 5.47. The summed E-state index contributed by atoms with van der Waals surface area (Å²) in [6, 6.07) is 0.247. The molecular weight excluding hydrogens is 204 g/mol. The van der Waals surface area contributed by atoms with Gasteiger partial charge >= 0.3 is 0 Å². The van der Waals surface area contributed by atoms with Gasteiger partial charge in [0.15, 0.2) is 0 Å². The van der Waals surface area contributed by atoms with Crippen molar-refractivity contribution in [3.8, 4) is 0 Å². The summed E-state index contributed by atoms with van der Waals surface area (Å²) in [5.41, 5.74) is 0. The Labute approximate surface area is 97.5 Å². The molecule has 2 aliphatic rings. The van der Waals surface area contributed by atoms with Crippen LogP contribution in [-0.4, -0.2) is 62.1 Å². The molecule has 4 nitrogen and oxygen atoms in total. The zero-order chi connectivity index (χ0) is 11.5. The second-order valence-corrected chi connectivity index (χ2v) is 5.15. The first-order chi connectivity index (χ1) is 7.68. The summed E-state index contributed by atoms with van der Waals surface area (Å²) in [6.45, 7) is 3.06. The van der Waals surface area contributed by atoms with Crippen LogP contribution in [0.2, 0.25) is 0 Å². The first-order valence-corrected chi connectivity index (χ1v) is 6.21. The molecule has 4 heteroatoms. The first-order valence-electron chi connectivity index (χ1n) is 6.21. The maximum Gasteiger partial charge on any atom is 0.226 e. The van der Waals surface area contributed by atoms with Gasteiger partial charge in [0, 0.05) is 19.0 Å². The molecule has 0 bridgehead atoms. The summed E-state index contributed by atoms with van der Waals surface area (Å²) in [5, 5.41) is 0. The molecule has 16 heavy (non-hydrogen) atoms. The van der Waals surface area contributed by atoms with Crippen LogP contribution in [0, 0.1) is 5.92 Å². The van der Waals surface area contributed by atoms with Crippen LogP contribution >= 0.6 is 0 Å². The maximum atomic E-state index is 12.2. The number of nitrogens with zero attached hydrogens (tertiary/aromatic N) is 2. The number of likely N-dealkylation sites (N-methyl/N-ethyl adjacent to an activating group) is 1. The van der Waals surface area contributed by atoms with Crippen molar-refractivity contribution in [3.63, 3.8) is 0 Å². The Morgan fingerprint density at radius 2 is 2.19 bits per heavy atom. The van der Waals surface area contributed by atoms with Crippen molar-refractivity contribution in [2.45, 2.75) is 25.3 Å². The largest absolute Gasteiger partial charge is 0.377 e. The van der Waals surface area contributed by atoms with Crippen molar-refractivity contribution in [1.82, 2.24) is 9.80 Å². The van der Waals surface area contributed by atoms with E-state index in [1.54, 1.807) is 0 Å². The van der Waals surface area contributed by atoms with Crippen LogP contribution < -0.4 is 0 Å². The van der Waals surface area contributed by atoms with Gasteiger partial charge < -0.3 is 14.5 Å². The third-order valence-corrected chi connectivity index (χ3v) is 3.54. The number of carbonyl (C=O) groups is 1. The van der Waals surface area contributed by atoms with Crippen molar-refractivity contribution in [2.75, 3.05) is 40.4 Å². The van der Waals surface area contributed by atoms with E-state index in [1.165, 1.54) is 6.42 Å². The van der Waals surface area contributed by atoms with E-state index in [4.69, 9.17) is 4.74 Å². The average Bonchev–Trinajstić information content (AvgIpc) is 2.14. The van der Waals surface area contributed by atoms with Crippen LogP contribution in [0.4, 0.5) is 0 Å². The smallest absolute Gasteiger partial charge is 0.226 e. The molecule has 1 saturated carbocycles. The summed E-state index contributed by atoms with van der Waals surface area (Å²) in [7, 11) is 4.08. The SMILES string of the molecule is CN(C)CC1COCCN1C(=O)C1CCC1. The second-order valence-electron chi connectivity index (χ2n) is 5.15. The van der Waals surface area contributed by atoms with Crippen molar-refractivity contribution in [2.24, 2.45) is 5.92 Å². The minimum absolute atomic E-state index is 0.247. The first kappa shape index (κ1) is 11.9. The normalized spacial score (nSPS) is 26.9. The number of hydrogen-bond donors (Lipinski definition) is 0. The van der Waals surface area contributed by atoms with Gasteiger partial charge in [-0.25, -0.2) is 0 Å². The van der Waals surface area contributed by atoms with E-state index in [0.717, 1.165) is 25.9 Å². The zero-order valence-corrected chi connectivity index (χ0v) is 10.3. The molecule has 1 heterocycles. The number of rotatable bonds is 3. The fourth-order valence-electron chi connectivity index (χ4n) is 2.41. The summed E-state index contributed by atoms with van der Waals surface area (Å²) in [4.78, 5) is 16.4. The van der Waals surface area contributed by atoms with Gasteiger partial charge in [0.1, 0.15) is 0 Å². The van der Waals surface area contributed by atoms with Crippen molar-refractivity contribution < 1.29 is 9.53 Å². The zero-order valence-electron chi connectivity index (χ0n) is 10.3. The van der Waals surface area contributed by atoms with Crippen LogP contribution in [0.1, 0.15) is 19.3 Å². The Hall–Kier alpha value is -0.610. The Kier molecular flexibility index (Phi) is 3.82. The minimum Gasteiger partial charge on any atom is -0.377 e. The predicted octanol–water partition coefficient (Wildman–Crippen LogP) is 0.575. The molecule has 1 aliphatic heterocycles. The molecule has 0 N–H and O–H groups in total. The Balaban J connectivity index is 1.94. The summed E-state index contributed by atoms with van der Waals surface area (Å²) in [6.07, 6.45) is 3.40. The van der Waals surface area contributed by atoms with E-state index in [-0.39, 0.29) is 6.04 Å². The topological polar surface area (TPSA) is 32.8 Å². The van der Waals surface area contributed by atoms with Gasteiger partial charge in [0.25, 0.3) is 0 Å². The van der Waals surface area contributed by atoms with Crippen LogP contribution in [0.15, 0.2) is 0 Å². The molecule has 2 fully saturated rings. The van der Waals surface area contributed by atoms with Gasteiger partial charge in [-0.15, -0.1) is 0 Å². The molecule has 1 saturated heterocycles. The fraction of sp³-hybridized carbons (Fsp3) is 0.917. The van der Waals surface area contributed by atoms with E-state index in [9.17, 15) is 4.79 Å². The summed E-state index contributed by atoms with van der Waals surface area (Å²) >= 11 is 0. The van der Waals surface area contributed by atoms with Crippen molar-refractivity contribution >= 4 is 5.91 Å². The number of hydrogen-bond acceptors (Lipinski definition) is 3. The van der Waals surface area contributed by atoms with Gasteiger partial charge in [-0.1, -0.05) is 6.42 Å². The minimum atomic E-state index is 0.247. The van der Waals surface area contributed by atoms with Crippen LogP contribution in [0.25, 0.3) is 0 Å². The van der Waals surface area contributed by atoms with Gasteiger partial charge in [-0.2, -0.15) is 0 Å². The van der Waals surface area contributed by atoms with Gasteiger partial charge in [0.05, 0.1) is 19.3 Å². The number of carbonyl (C=O) groups excluding carboxylic acids is 1. The Morgan fingerprint density at radius 3 is 2.75 bits per heavy atom. The molecule has 0 radical (unpaired) electrons. The van der Waals surface area contributed by atoms with Crippen molar-refractivity contribution in [3.05, 3.63) is 0 Å². The van der Waals surface area contributed by atoms with Gasteiger partial charge in [-0.05, 0) is 26.9 Å². The molecule has 1 unspecified atom stereocenters. The highest BCUT2D eigenvalue weighted by Gasteiger charge is 2.34. The molecule has 92 valence electrons. The molecule has 1 aliphatic carbocycles. The van der Waals surface area contributed by atoms with E-state index in [2.05, 4.69) is 4.90 Å². The predicted molar refractivity (Wildman–Crippen MR) is 62.2 cm³/mol. The lowest BCUT2D eigenvalue weighted by atomic mass is 9.84. The van der Waals surface area contributed by atoms with Gasteiger partial charge in [-0.3, -0.25) is 4.79 Å². The van der Waals surface area contributed by atoms with Crippen LogP contribution in [0.3, 0.4) is 0 Å². The Morgan fingerprint density at radius 1 is 1.44 bits per heavy atom. The lowest BCUT2D eigenvalue weighted by Crippen LogP contribution is -2.54. The molecule has 1 amide bonds. The maximum absolute atomic E-state index is 12.2. The van der Waals surface area contributed by atoms with E-state index >= 15 is 0 Å². The van der Waals surface area contributed by atoms with Crippen molar-refractivity contribution in [1.29, 1.82) is 0 Å². The molecule has 0 aromatic rings. The van der Waals surface area contributed by atoms with Gasteiger partial charge in [0.2, 0.25) is 5.91 Å². The quantitative estimate of drug-likeness (QED) is 0.705. The van der Waals surface area contributed by atoms with E-state index in [0.29, 0.717) is 25.0 Å². The highest BCUT2D eigenvalue weighted by atomic mass is 16.5. The number of morpholine rings is 1. The average molecular weight is 226 g/mol. The monoisotopic (exact) mass is 226 g/mol. The lowest BCUT2D eigenvalue weighted by Gasteiger charge is -2.40. The van der Waals surface area contributed by atoms with E-state index < -0.39 is 0 Å². The molecule has 2 rings (SSSR count).